The predicted octanol–water partition coefficient (Wildman–Crippen LogP) is 0.473. The van der Waals surface area contributed by atoms with Gasteiger partial charge in [-0.25, -0.2) is 0 Å². The lowest BCUT2D eigenvalue weighted by atomic mass is 10.1. The molecule has 0 saturated carbocycles. The molecule has 1 heterocycles. The van der Waals surface area contributed by atoms with E-state index in [1.807, 2.05) is 31.2 Å². The van der Waals surface area contributed by atoms with Gasteiger partial charge in [-0.3, -0.25) is 4.79 Å². The second-order valence-corrected chi connectivity index (χ2v) is 4.94. The lowest BCUT2D eigenvalue weighted by molar-refractivity contribution is -0.129. The Hall–Kier alpha value is -1.34. The van der Waals surface area contributed by atoms with Crippen LogP contribution in [0, 0.1) is 0 Å². The first-order valence-electron chi connectivity index (χ1n) is 7.16. The Bertz CT molecular complexity index is 455. The molecule has 0 radical (unpaired) electrons. The Morgan fingerprint density at radius 2 is 2.18 bits per heavy atom. The minimum Gasteiger partial charge on any atom is -0.491 e. The first-order valence-corrected chi connectivity index (χ1v) is 7.16. The third kappa shape index (κ3) is 5.46. The van der Waals surface area contributed by atoms with Crippen LogP contribution in [0.2, 0.25) is 0 Å². The Morgan fingerprint density at radius 1 is 1.45 bits per heavy atom. The number of aliphatic hydroxyl groups excluding tert-OH is 1. The molecule has 1 aromatic carbocycles. The molecule has 1 saturated heterocycles. The Balaban J connectivity index is 0.00000242. The summed E-state index contributed by atoms with van der Waals surface area (Å²) in [7, 11) is 0. The van der Waals surface area contributed by atoms with Gasteiger partial charge in [-0.2, -0.15) is 0 Å². The lowest BCUT2D eigenvalue weighted by Crippen LogP contribution is -2.55. The first-order chi connectivity index (χ1) is 10.2. The van der Waals surface area contributed by atoms with Gasteiger partial charge in [0, 0.05) is 13.1 Å². The molecule has 1 aliphatic rings. The van der Waals surface area contributed by atoms with Crippen LogP contribution in [0.1, 0.15) is 12.5 Å². The molecule has 22 heavy (non-hydrogen) atoms. The van der Waals surface area contributed by atoms with E-state index in [1.165, 1.54) is 0 Å². The summed E-state index contributed by atoms with van der Waals surface area (Å²) < 4.78 is 10.7. The number of carbonyl (C=O) groups excluding carboxylic acids is 1. The summed E-state index contributed by atoms with van der Waals surface area (Å²) in [5, 5.41) is 14.7. The van der Waals surface area contributed by atoms with E-state index in [1.54, 1.807) is 0 Å². The minimum atomic E-state index is -0.300. The number of morpholine rings is 1. The highest BCUT2D eigenvalue weighted by Crippen LogP contribution is 2.12. The van der Waals surface area contributed by atoms with E-state index in [9.17, 15) is 4.79 Å². The SMILES string of the molecule is C[C@H]1OCCN[C@@H]1C(=O)NCc1ccc(OCCO)cc1.Cl. The second kappa shape index (κ2) is 9.63. The van der Waals surface area contributed by atoms with Crippen molar-refractivity contribution in [2.45, 2.75) is 25.6 Å². The Morgan fingerprint density at radius 3 is 2.82 bits per heavy atom. The Labute approximate surface area is 136 Å². The molecule has 6 nitrogen and oxygen atoms in total. The smallest absolute Gasteiger partial charge is 0.240 e. The largest absolute Gasteiger partial charge is 0.491 e. The van der Waals surface area contributed by atoms with Gasteiger partial charge in [-0.05, 0) is 24.6 Å². The number of hydrogen-bond donors (Lipinski definition) is 3. The molecule has 0 bridgehead atoms. The van der Waals surface area contributed by atoms with Crippen molar-refractivity contribution in [3.8, 4) is 5.75 Å². The number of ether oxygens (including phenoxy) is 2. The van der Waals surface area contributed by atoms with E-state index >= 15 is 0 Å². The third-order valence-corrected chi connectivity index (χ3v) is 3.35. The van der Waals surface area contributed by atoms with E-state index in [-0.39, 0.29) is 43.7 Å². The van der Waals surface area contributed by atoms with E-state index in [0.29, 0.717) is 25.4 Å². The van der Waals surface area contributed by atoms with Crippen LogP contribution in [0.15, 0.2) is 24.3 Å². The summed E-state index contributed by atoms with van der Waals surface area (Å²) >= 11 is 0. The van der Waals surface area contributed by atoms with Crippen LogP contribution in [0.5, 0.6) is 5.75 Å². The summed E-state index contributed by atoms with van der Waals surface area (Å²) in [5.74, 6) is 0.651. The highest BCUT2D eigenvalue weighted by molar-refractivity contribution is 5.85. The van der Waals surface area contributed by atoms with E-state index in [4.69, 9.17) is 14.6 Å². The first kappa shape index (κ1) is 18.7. The molecule has 1 fully saturated rings. The zero-order chi connectivity index (χ0) is 15.1. The average molecular weight is 331 g/mol. The number of nitrogens with one attached hydrogen (secondary N) is 2. The minimum absolute atomic E-state index is 0. The summed E-state index contributed by atoms with van der Waals surface area (Å²) in [5.41, 5.74) is 0.990. The molecular weight excluding hydrogens is 308 g/mol. The predicted molar refractivity (Wildman–Crippen MR) is 85.3 cm³/mol. The van der Waals surface area contributed by atoms with Crippen LogP contribution in [-0.4, -0.2) is 49.5 Å². The normalized spacial score (nSPS) is 20.8. The number of carbonyl (C=O) groups is 1. The van der Waals surface area contributed by atoms with Crippen LogP contribution in [-0.2, 0) is 16.1 Å². The van der Waals surface area contributed by atoms with Crippen LogP contribution in [0.4, 0.5) is 0 Å². The fraction of sp³-hybridized carbons (Fsp3) is 0.533. The van der Waals surface area contributed by atoms with Gasteiger partial charge in [0.05, 0.1) is 19.3 Å². The van der Waals surface area contributed by atoms with Crippen LogP contribution >= 0.6 is 12.4 Å². The molecular formula is C15H23ClN2O4. The molecule has 0 spiro atoms. The zero-order valence-electron chi connectivity index (χ0n) is 12.6. The van der Waals surface area contributed by atoms with Gasteiger partial charge in [0.2, 0.25) is 5.91 Å². The van der Waals surface area contributed by atoms with Gasteiger partial charge in [-0.1, -0.05) is 12.1 Å². The van der Waals surface area contributed by atoms with Gasteiger partial charge in [0.25, 0.3) is 0 Å². The highest BCUT2D eigenvalue weighted by Gasteiger charge is 2.27. The van der Waals surface area contributed by atoms with Crippen LogP contribution in [0.25, 0.3) is 0 Å². The number of benzene rings is 1. The molecule has 0 aromatic heterocycles. The fourth-order valence-corrected chi connectivity index (χ4v) is 2.19. The van der Waals surface area contributed by atoms with Gasteiger partial charge in [0.15, 0.2) is 0 Å². The van der Waals surface area contributed by atoms with Crippen LogP contribution < -0.4 is 15.4 Å². The third-order valence-electron chi connectivity index (χ3n) is 3.35. The molecule has 1 aliphatic heterocycles. The van der Waals surface area contributed by atoms with E-state index in [2.05, 4.69) is 10.6 Å². The quantitative estimate of drug-likeness (QED) is 0.706. The number of rotatable bonds is 6. The second-order valence-electron chi connectivity index (χ2n) is 4.94. The number of hydrogen-bond acceptors (Lipinski definition) is 5. The number of amides is 1. The zero-order valence-corrected chi connectivity index (χ0v) is 13.4. The standard InChI is InChI=1S/C15H22N2O4.ClH/c1-11-14(16-6-8-20-11)15(19)17-10-12-2-4-13(5-3-12)21-9-7-18;/h2-5,11,14,16,18H,6-10H2,1H3,(H,17,19);1H/t11-,14+;/m1./s1. The molecule has 3 N–H and O–H groups in total. The van der Waals surface area contributed by atoms with Gasteiger partial charge >= 0.3 is 0 Å². The van der Waals surface area contributed by atoms with Crippen molar-refractivity contribution < 1.29 is 19.4 Å². The number of aliphatic hydroxyl groups is 1. The number of halogens is 1. The Kier molecular flexibility index (Phi) is 8.19. The maximum atomic E-state index is 12.1. The van der Waals surface area contributed by atoms with E-state index in [0.717, 1.165) is 5.56 Å². The van der Waals surface area contributed by atoms with Gasteiger partial charge < -0.3 is 25.2 Å². The summed E-state index contributed by atoms with van der Waals surface area (Å²) in [6, 6.07) is 7.12. The van der Waals surface area contributed by atoms with Crippen molar-refractivity contribution in [1.82, 2.24) is 10.6 Å². The van der Waals surface area contributed by atoms with Crippen molar-refractivity contribution in [3.63, 3.8) is 0 Å². The monoisotopic (exact) mass is 330 g/mol. The van der Waals surface area contributed by atoms with Crippen molar-refractivity contribution in [2.24, 2.45) is 0 Å². The highest BCUT2D eigenvalue weighted by atomic mass is 35.5. The molecule has 0 unspecified atom stereocenters. The molecule has 7 heteroatoms. The summed E-state index contributed by atoms with van der Waals surface area (Å²) in [6.07, 6.45) is -0.118. The maximum absolute atomic E-state index is 12.1. The topological polar surface area (TPSA) is 79.8 Å². The summed E-state index contributed by atoms with van der Waals surface area (Å²) in [6.45, 7) is 3.96. The van der Waals surface area contributed by atoms with Crippen molar-refractivity contribution in [2.75, 3.05) is 26.4 Å². The molecule has 2 rings (SSSR count). The molecule has 1 amide bonds. The molecule has 1 aromatic rings. The average Bonchev–Trinajstić information content (AvgIpc) is 2.52. The van der Waals surface area contributed by atoms with Gasteiger partial charge in [-0.15, -0.1) is 12.4 Å². The molecule has 124 valence electrons. The fourth-order valence-electron chi connectivity index (χ4n) is 2.19. The maximum Gasteiger partial charge on any atom is 0.240 e. The van der Waals surface area contributed by atoms with Crippen molar-refractivity contribution >= 4 is 18.3 Å². The van der Waals surface area contributed by atoms with Crippen LogP contribution in [0.3, 0.4) is 0 Å². The van der Waals surface area contributed by atoms with Crippen molar-refractivity contribution in [1.29, 1.82) is 0 Å². The van der Waals surface area contributed by atoms with Gasteiger partial charge in [0.1, 0.15) is 18.4 Å². The lowest BCUT2D eigenvalue weighted by Gasteiger charge is -2.29. The van der Waals surface area contributed by atoms with E-state index < -0.39 is 0 Å². The summed E-state index contributed by atoms with van der Waals surface area (Å²) in [4.78, 5) is 12.1. The molecule has 2 atom stereocenters. The van der Waals surface area contributed by atoms with Crippen molar-refractivity contribution in [3.05, 3.63) is 29.8 Å². The molecule has 0 aliphatic carbocycles.